The molecule has 32 heavy (non-hydrogen) atoms. The quantitative estimate of drug-likeness (QED) is 0.405. The van der Waals surface area contributed by atoms with Crippen molar-refractivity contribution in [2.45, 2.75) is 25.9 Å². The Hall–Kier alpha value is -2.87. The Morgan fingerprint density at radius 1 is 1.12 bits per heavy atom. The Morgan fingerprint density at radius 3 is 2.72 bits per heavy atom. The third-order valence-electron chi connectivity index (χ3n) is 6.43. The summed E-state index contributed by atoms with van der Waals surface area (Å²) >= 11 is 6.11. The number of H-pyrrole nitrogens is 2. The molecule has 1 aliphatic heterocycles. The largest absolute Gasteiger partial charge is 0.481 e. The van der Waals surface area contributed by atoms with E-state index in [1.807, 2.05) is 25.1 Å². The molecule has 7 nitrogen and oxygen atoms in total. The molecule has 0 radical (unpaired) electrons. The number of hydrogen-bond donors (Lipinski definition) is 3. The highest BCUT2D eigenvalue weighted by Crippen LogP contribution is 2.31. The predicted octanol–water partition coefficient (Wildman–Crippen LogP) is 4.35. The van der Waals surface area contributed by atoms with Gasteiger partial charge in [-0.15, -0.1) is 0 Å². The van der Waals surface area contributed by atoms with E-state index in [1.165, 1.54) is 10.9 Å². The SMILES string of the molecule is CC(CC(=O)O)N1CCN(Cc2cccc3[nH]c(-c4n[nH]c5cc(Cl)ccc45)cc23)CC1. The molecule has 4 aromatic rings. The Kier molecular flexibility index (Phi) is 5.63. The molecule has 0 amide bonds. The molecule has 1 aliphatic rings. The van der Waals surface area contributed by atoms with Crippen LogP contribution in [0.2, 0.25) is 5.02 Å². The normalized spacial score (nSPS) is 16.7. The van der Waals surface area contributed by atoms with Crippen molar-refractivity contribution in [2.75, 3.05) is 26.2 Å². The van der Waals surface area contributed by atoms with Crippen LogP contribution in [-0.2, 0) is 11.3 Å². The maximum atomic E-state index is 11.0. The highest BCUT2D eigenvalue weighted by atomic mass is 35.5. The molecule has 0 spiro atoms. The molecule has 0 saturated carbocycles. The molecule has 166 valence electrons. The average Bonchev–Trinajstić information content (AvgIpc) is 3.38. The van der Waals surface area contributed by atoms with E-state index in [0.29, 0.717) is 5.02 Å². The molecular formula is C24H26ClN5O2. The van der Waals surface area contributed by atoms with Gasteiger partial charge in [0.05, 0.1) is 17.6 Å². The van der Waals surface area contributed by atoms with Crippen LogP contribution in [0.15, 0.2) is 42.5 Å². The number of carboxylic acids is 1. The lowest BCUT2D eigenvalue weighted by Crippen LogP contribution is -2.49. The lowest BCUT2D eigenvalue weighted by atomic mass is 10.1. The summed E-state index contributed by atoms with van der Waals surface area (Å²) in [4.78, 5) is 19.2. The summed E-state index contributed by atoms with van der Waals surface area (Å²) in [6.45, 7) is 6.52. The van der Waals surface area contributed by atoms with Gasteiger partial charge < -0.3 is 10.1 Å². The minimum absolute atomic E-state index is 0.0730. The molecule has 1 atom stereocenters. The minimum Gasteiger partial charge on any atom is -0.481 e. The Balaban J connectivity index is 1.35. The van der Waals surface area contributed by atoms with Crippen LogP contribution in [0.3, 0.4) is 0 Å². The van der Waals surface area contributed by atoms with Crippen molar-refractivity contribution in [3.8, 4) is 11.4 Å². The third kappa shape index (κ3) is 4.11. The second-order valence-corrected chi connectivity index (χ2v) is 9.02. The second-order valence-electron chi connectivity index (χ2n) is 8.58. The Labute approximate surface area is 191 Å². The Morgan fingerprint density at radius 2 is 1.94 bits per heavy atom. The fraction of sp³-hybridized carbons (Fsp3) is 0.333. The molecule has 0 aliphatic carbocycles. The van der Waals surface area contributed by atoms with E-state index in [2.05, 4.69) is 49.2 Å². The van der Waals surface area contributed by atoms with Crippen molar-refractivity contribution in [3.63, 3.8) is 0 Å². The van der Waals surface area contributed by atoms with E-state index in [9.17, 15) is 4.79 Å². The topological polar surface area (TPSA) is 88.2 Å². The van der Waals surface area contributed by atoms with Gasteiger partial charge in [0, 0.05) is 60.1 Å². The molecule has 1 fully saturated rings. The maximum Gasteiger partial charge on any atom is 0.304 e. The zero-order chi connectivity index (χ0) is 22.2. The number of carboxylic acid groups (broad SMARTS) is 1. The standard InChI is InChI=1S/C24H26ClN5O2/c1-15(11-23(31)32)30-9-7-29(8-10-30)14-16-3-2-4-20-19(16)13-22(26-20)24-18-6-5-17(25)12-21(18)27-28-24/h2-6,12-13,15,26H,7-11,14H2,1H3,(H,27,28)(H,31,32). The zero-order valence-electron chi connectivity index (χ0n) is 17.9. The number of aliphatic carboxylic acids is 1. The first-order chi connectivity index (χ1) is 15.5. The number of halogens is 1. The highest BCUT2D eigenvalue weighted by molar-refractivity contribution is 6.31. The van der Waals surface area contributed by atoms with E-state index < -0.39 is 5.97 Å². The lowest BCUT2D eigenvalue weighted by molar-refractivity contribution is -0.138. The predicted molar refractivity (Wildman–Crippen MR) is 127 cm³/mol. The first-order valence-electron chi connectivity index (χ1n) is 10.9. The molecule has 8 heteroatoms. The van der Waals surface area contributed by atoms with Gasteiger partial charge in [0.1, 0.15) is 5.69 Å². The average molecular weight is 452 g/mol. The van der Waals surface area contributed by atoms with Gasteiger partial charge in [-0.1, -0.05) is 23.7 Å². The van der Waals surface area contributed by atoms with Crippen LogP contribution in [-0.4, -0.2) is 68.3 Å². The molecule has 0 bridgehead atoms. The van der Waals surface area contributed by atoms with Crippen molar-refractivity contribution >= 4 is 39.4 Å². The maximum absolute atomic E-state index is 11.0. The van der Waals surface area contributed by atoms with Crippen LogP contribution in [0, 0.1) is 0 Å². The zero-order valence-corrected chi connectivity index (χ0v) is 18.7. The van der Waals surface area contributed by atoms with Gasteiger partial charge >= 0.3 is 5.97 Å². The summed E-state index contributed by atoms with van der Waals surface area (Å²) in [7, 11) is 0. The number of nitrogens with one attached hydrogen (secondary N) is 2. The van der Waals surface area contributed by atoms with Crippen molar-refractivity contribution in [1.82, 2.24) is 25.0 Å². The number of carbonyl (C=O) groups is 1. The molecule has 3 N–H and O–H groups in total. The van der Waals surface area contributed by atoms with Gasteiger partial charge in [0.2, 0.25) is 0 Å². The van der Waals surface area contributed by atoms with Crippen molar-refractivity contribution in [1.29, 1.82) is 0 Å². The van der Waals surface area contributed by atoms with Gasteiger partial charge in [0.25, 0.3) is 0 Å². The summed E-state index contributed by atoms with van der Waals surface area (Å²) in [5.74, 6) is -0.734. The fourth-order valence-electron chi connectivity index (χ4n) is 4.67. The van der Waals surface area contributed by atoms with E-state index in [1.54, 1.807) is 0 Å². The van der Waals surface area contributed by atoms with Gasteiger partial charge in [-0.05, 0) is 42.8 Å². The van der Waals surface area contributed by atoms with Crippen LogP contribution in [0.4, 0.5) is 0 Å². The van der Waals surface area contributed by atoms with Crippen molar-refractivity contribution in [2.24, 2.45) is 0 Å². The minimum atomic E-state index is -0.734. The van der Waals surface area contributed by atoms with Crippen LogP contribution in [0.5, 0.6) is 0 Å². The first-order valence-corrected chi connectivity index (χ1v) is 11.3. The van der Waals surface area contributed by atoms with Crippen molar-refractivity contribution in [3.05, 3.63) is 53.1 Å². The number of hydrogen-bond acceptors (Lipinski definition) is 4. The molecule has 5 rings (SSSR count). The van der Waals surface area contributed by atoms with Crippen LogP contribution < -0.4 is 0 Å². The lowest BCUT2D eigenvalue weighted by Gasteiger charge is -2.37. The van der Waals surface area contributed by atoms with E-state index >= 15 is 0 Å². The number of rotatable bonds is 6. The molecule has 1 unspecified atom stereocenters. The van der Waals surface area contributed by atoms with Crippen LogP contribution in [0.25, 0.3) is 33.2 Å². The number of benzene rings is 2. The van der Waals surface area contributed by atoms with Crippen molar-refractivity contribution < 1.29 is 9.90 Å². The smallest absolute Gasteiger partial charge is 0.304 e. The monoisotopic (exact) mass is 451 g/mol. The highest BCUT2D eigenvalue weighted by Gasteiger charge is 2.23. The summed E-state index contributed by atoms with van der Waals surface area (Å²) in [6, 6.07) is 14.4. The molecule has 1 saturated heterocycles. The molecule has 2 aromatic heterocycles. The van der Waals surface area contributed by atoms with Gasteiger partial charge in [-0.2, -0.15) is 5.10 Å². The number of aromatic amines is 2. The summed E-state index contributed by atoms with van der Waals surface area (Å²) in [5.41, 5.74) is 5.16. The van der Waals surface area contributed by atoms with Gasteiger partial charge in [-0.3, -0.25) is 19.7 Å². The first kappa shape index (κ1) is 21.0. The van der Waals surface area contributed by atoms with Gasteiger partial charge in [0.15, 0.2) is 0 Å². The number of piperazine rings is 1. The fourth-order valence-corrected chi connectivity index (χ4v) is 4.84. The number of fused-ring (bicyclic) bond motifs is 2. The van der Waals surface area contributed by atoms with E-state index in [4.69, 9.17) is 16.7 Å². The van der Waals surface area contributed by atoms with E-state index in [0.717, 1.165) is 60.5 Å². The summed E-state index contributed by atoms with van der Waals surface area (Å²) in [6.07, 6.45) is 0.194. The van der Waals surface area contributed by atoms with Crippen LogP contribution >= 0.6 is 11.6 Å². The molecule has 3 heterocycles. The van der Waals surface area contributed by atoms with Crippen LogP contribution in [0.1, 0.15) is 18.9 Å². The summed E-state index contributed by atoms with van der Waals surface area (Å²) < 4.78 is 0. The second kappa shape index (κ2) is 8.58. The number of nitrogens with zero attached hydrogens (tertiary/aromatic N) is 3. The molecular weight excluding hydrogens is 426 g/mol. The molecule has 2 aromatic carbocycles. The summed E-state index contributed by atoms with van der Waals surface area (Å²) in [5, 5.41) is 19.6. The Bertz CT molecular complexity index is 1270. The van der Waals surface area contributed by atoms with E-state index in [-0.39, 0.29) is 12.5 Å². The number of aromatic nitrogens is 3. The van der Waals surface area contributed by atoms with Gasteiger partial charge in [-0.25, -0.2) is 0 Å². The third-order valence-corrected chi connectivity index (χ3v) is 6.66.